The minimum absolute atomic E-state index is 0.111. The molecule has 0 atom stereocenters. The van der Waals surface area contributed by atoms with Crippen LogP contribution in [0.4, 0.5) is 5.69 Å². The van der Waals surface area contributed by atoms with E-state index in [-0.39, 0.29) is 18.2 Å². The highest BCUT2D eigenvalue weighted by atomic mass is 16.1. The Morgan fingerprint density at radius 2 is 1.59 bits per heavy atom. The van der Waals surface area contributed by atoms with Crippen LogP contribution in [0.2, 0.25) is 0 Å². The third-order valence-electron chi connectivity index (χ3n) is 4.35. The van der Waals surface area contributed by atoms with Gasteiger partial charge in [0.15, 0.2) is 0 Å². The largest absolute Gasteiger partial charge is 0.370 e. The monoisotopic (exact) mass is 358 g/mol. The molecule has 0 saturated heterocycles. The summed E-state index contributed by atoms with van der Waals surface area (Å²) in [5, 5.41) is 2.81. The molecule has 0 aliphatic rings. The summed E-state index contributed by atoms with van der Waals surface area (Å²) in [5.74, 6) is -0.432. The molecule has 0 aliphatic carbocycles. The molecule has 0 aliphatic heterocycles. The SMILES string of the molecule is CC(=O)Nc1cccc(-c2ccc(-c3ccccc3)cc2CCC(N)=O)c1. The lowest BCUT2D eigenvalue weighted by molar-refractivity contribution is -0.118. The zero-order chi connectivity index (χ0) is 19.2. The van der Waals surface area contributed by atoms with Crippen LogP contribution in [-0.2, 0) is 16.0 Å². The number of rotatable bonds is 6. The molecule has 0 radical (unpaired) electrons. The number of nitrogens with one attached hydrogen (secondary N) is 1. The maximum atomic E-state index is 11.3. The van der Waals surface area contributed by atoms with Crippen LogP contribution in [0.3, 0.4) is 0 Å². The molecule has 4 nitrogen and oxygen atoms in total. The normalized spacial score (nSPS) is 10.4. The quantitative estimate of drug-likeness (QED) is 0.686. The van der Waals surface area contributed by atoms with Gasteiger partial charge in [-0.25, -0.2) is 0 Å². The molecule has 3 rings (SSSR count). The van der Waals surface area contributed by atoms with Crippen LogP contribution < -0.4 is 11.1 Å². The zero-order valence-electron chi connectivity index (χ0n) is 15.2. The second-order valence-corrected chi connectivity index (χ2v) is 6.47. The Labute approximate surface area is 159 Å². The molecule has 3 aromatic rings. The van der Waals surface area contributed by atoms with Crippen LogP contribution in [0.5, 0.6) is 0 Å². The minimum Gasteiger partial charge on any atom is -0.370 e. The fraction of sp³-hybridized carbons (Fsp3) is 0.130. The highest BCUT2D eigenvalue weighted by Gasteiger charge is 2.10. The van der Waals surface area contributed by atoms with Crippen LogP contribution in [0, 0.1) is 0 Å². The Kier molecular flexibility index (Phi) is 5.67. The third-order valence-corrected chi connectivity index (χ3v) is 4.35. The van der Waals surface area contributed by atoms with E-state index in [1.54, 1.807) is 0 Å². The molecule has 0 unspecified atom stereocenters. The van der Waals surface area contributed by atoms with E-state index in [2.05, 4.69) is 35.6 Å². The van der Waals surface area contributed by atoms with Gasteiger partial charge in [0.05, 0.1) is 0 Å². The van der Waals surface area contributed by atoms with Crippen LogP contribution in [0.15, 0.2) is 72.8 Å². The Morgan fingerprint density at radius 3 is 2.30 bits per heavy atom. The molecule has 0 spiro atoms. The van der Waals surface area contributed by atoms with E-state index in [1.165, 1.54) is 6.92 Å². The summed E-state index contributed by atoms with van der Waals surface area (Å²) in [4.78, 5) is 22.7. The Balaban J connectivity index is 2.03. The van der Waals surface area contributed by atoms with Crippen molar-refractivity contribution in [2.24, 2.45) is 5.73 Å². The molecule has 0 bridgehead atoms. The molecule has 136 valence electrons. The Morgan fingerprint density at radius 1 is 0.852 bits per heavy atom. The van der Waals surface area contributed by atoms with E-state index in [0.29, 0.717) is 6.42 Å². The molecule has 0 heterocycles. The van der Waals surface area contributed by atoms with Gasteiger partial charge in [-0.05, 0) is 46.4 Å². The summed E-state index contributed by atoms with van der Waals surface area (Å²) in [7, 11) is 0. The smallest absolute Gasteiger partial charge is 0.221 e. The van der Waals surface area contributed by atoms with Crippen molar-refractivity contribution < 1.29 is 9.59 Å². The van der Waals surface area contributed by atoms with Crippen molar-refractivity contribution in [3.8, 4) is 22.3 Å². The number of nitrogens with two attached hydrogens (primary N) is 1. The first-order chi connectivity index (χ1) is 13.0. The molecule has 0 aromatic heterocycles. The second kappa shape index (κ2) is 8.32. The number of anilines is 1. The number of carbonyl (C=O) groups is 2. The van der Waals surface area contributed by atoms with E-state index < -0.39 is 0 Å². The maximum absolute atomic E-state index is 11.3. The van der Waals surface area contributed by atoms with Crippen molar-refractivity contribution in [2.75, 3.05) is 5.32 Å². The van der Waals surface area contributed by atoms with E-state index in [9.17, 15) is 9.59 Å². The first-order valence-electron chi connectivity index (χ1n) is 8.87. The molecule has 0 fully saturated rings. The topological polar surface area (TPSA) is 72.2 Å². The van der Waals surface area contributed by atoms with Crippen molar-refractivity contribution in [1.82, 2.24) is 0 Å². The number of hydrogen-bond donors (Lipinski definition) is 2. The number of aryl methyl sites for hydroxylation is 1. The van der Waals surface area contributed by atoms with Crippen LogP contribution in [-0.4, -0.2) is 11.8 Å². The third kappa shape index (κ3) is 4.82. The van der Waals surface area contributed by atoms with Crippen molar-refractivity contribution in [3.05, 3.63) is 78.4 Å². The van der Waals surface area contributed by atoms with Gasteiger partial charge in [0, 0.05) is 19.0 Å². The van der Waals surface area contributed by atoms with Gasteiger partial charge in [0.1, 0.15) is 0 Å². The summed E-state index contributed by atoms with van der Waals surface area (Å²) in [6.45, 7) is 1.49. The van der Waals surface area contributed by atoms with Gasteiger partial charge in [0.2, 0.25) is 11.8 Å². The first kappa shape index (κ1) is 18.4. The van der Waals surface area contributed by atoms with E-state index in [1.807, 2.05) is 42.5 Å². The predicted octanol–water partition coefficient (Wildman–Crippen LogP) is 4.40. The van der Waals surface area contributed by atoms with Crippen LogP contribution >= 0.6 is 0 Å². The van der Waals surface area contributed by atoms with Crippen molar-refractivity contribution in [3.63, 3.8) is 0 Å². The number of hydrogen-bond acceptors (Lipinski definition) is 2. The lowest BCUT2D eigenvalue weighted by Gasteiger charge is -2.13. The molecule has 2 amide bonds. The number of benzene rings is 3. The standard InChI is InChI=1S/C23H22N2O2/c1-16(26)25-21-9-5-8-19(15-21)22-12-10-18(17-6-3-2-4-7-17)14-20(22)11-13-23(24)27/h2-10,12,14-15H,11,13H2,1H3,(H2,24,27)(H,25,26). The molecule has 3 N–H and O–H groups in total. The molecule has 0 saturated carbocycles. The Bertz CT molecular complexity index is 965. The number of primary amides is 1. The summed E-state index contributed by atoms with van der Waals surface area (Å²) in [5.41, 5.74) is 11.4. The molecular formula is C23H22N2O2. The zero-order valence-corrected chi connectivity index (χ0v) is 15.2. The van der Waals surface area contributed by atoms with Gasteiger partial charge in [-0.2, -0.15) is 0 Å². The lowest BCUT2D eigenvalue weighted by Crippen LogP contribution is -2.11. The van der Waals surface area contributed by atoms with Crippen LogP contribution in [0.25, 0.3) is 22.3 Å². The van der Waals surface area contributed by atoms with Crippen molar-refractivity contribution in [2.45, 2.75) is 19.8 Å². The van der Waals surface area contributed by atoms with Gasteiger partial charge >= 0.3 is 0 Å². The van der Waals surface area contributed by atoms with Gasteiger partial charge in [0.25, 0.3) is 0 Å². The predicted molar refractivity (Wildman–Crippen MR) is 109 cm³/mol. The van der Waals surface area contributed by atoms with E-state index in [4.69, 9.17) is 5.73 Å². The van der Waals surface area contributed by atoms with E-state index >= 15 is 0 Å². The average molecular weight is 358 g/mol. The van der Waals surface area contributed by atoms with Gasteiger partial charge < -0.3 is 11.1 Å². The summed E-state index contributed by atoms with van der Waals surface area (Å²) < 4.78 is 0. The first-order valence-corrected chi connectivity index (χ1v) is 8.87. The molecule has 27 heavy (non-hydrogen) atoms. The summed E-state index contributed by atoms with van der Waals surface area (Å²) in [6, 6.07) is 24.0. The highest BCUT2D eigenvalue weighted by molar-refractivity contribution is 5.89. The van der Waals surface area contributed by atoms with Gasteiger partial charge in [-0.15, -0.1) is 0 Å². The number of carbonyl (C=O) groups excluding carboxylic acids is 2. The molecule has 4 heteroatoms. The average Bonchev–Trinajstić information content (AvgIpc) is 2.66. The molecular weight excluding hydrogens is 336 g/mol. The maximum Gasteiger partial charge on any atom is 0.221 e. The van der Waals surface area contributed by atoms with Gasteiger partial charge in [-0.3, -0.25) is 9.59 Å². The van der Waals surface area contributed by atoms with Crippen molar-refractivity contribution in [1.29, 1.82) is 0 Å². The van der Waals surface area contributed by atoms with Gasteiger partial charge in [-0.1, -0.05) is 60.7 Å². The fourth-order valence-corrected chi connectivity index (χ4v) is 3.12. The summed E-state index contributed by atoms with van der Waals surface area (Å²) >= 11 is 0. The molecule has 3 aromatic carbocycles. The lowest BCUT2D eigenvalue weighted by atomic mass is 9.92. The second-order valence-electron chi connectivity index (χ2n) is 6.47. The minimum atomic E-state index is -0.321. The van der Waals surface area contributed by atoms with E-state index in [0.717, 1.165) is 33.5 Å². The van der Waals surface area contributed by atoms with Crippen molar-refractivity contribution >= 4 is 17.5 Å². The van der Waals surface area contributed by atoms with Crippen LogP contribution in [0.1, 0.15) is 18.9 Å². The fourth-order valence-electron chi connectivity index (χ4n) is 3.12. The highest BCUT2D eigenvalue weighted by Crippen LogP contribution is 2.31. The number of amides is 2. The summed E-state index contributed by atoms with van der Waals surface area (Å²) in [6.07, 6.45) is 0.854. The Hall–Kier alpha value is -3.40.